The Hall–Kier alpha value is -2.51. The number of amides is 1. The largest absolute Gasteiger partial charge is 0.346 e. The molecule has 2 N–H and O–H groups in total. The minimum Gasteiger partial charge on any atom is -0.346 e. The highest BCUT2D eigenvalue weighted by molar-refractivity contribution is 7.89. The smallest absolute Gasteiger partial charge is 0.251 e. The van der Waals surface area contributed by atoms with E-state index in [0.717, 1.165) is 5.56 Å². The van der Waals surface area contributed by atoms with Gasteiger partial charge < -0.3 is 5.32 Å². The Kier molecular flexibility index (Phi) is 5.83. The summed E-state index contributed by atoms with van der Waals surface area (Å²) in [5.74, 6) is -0.347. The molecule has 2 rings (SSSR count). The number of aromatic nitrogens is 1. The van der Waals surface area contributed by atoms with Crippen molar-refractivity contribution in [3.63, 3.8) is 0 Å². The van der Waals surface area contributed by atoms with Crippen molar-refractivity contribution in [3.05, 3.63) is 72.6 Å². The van der Waals surface area contributed by atoms with E-state index in [-0.39, 0.29) is 29.0 Å². The lowest BCUT2D eigenvalue weighted by Crippen LogP contribution is -2.27. The molecule has 1 aromatic carbocycles. The number of nitrogens with zero attached hydrogens (tertiary/aromatic N) is 1. The van der Waals surface area contributed by atoms with Gasteiger partial charge >= 0.3 is 0 Å². The summed E-state index contributed by atoms with van der Waals surface area (Å²) >= 11 is 0. The Balaban J connectivity index is 2.16. The SMILES string of the molecule is C=CCNS(=O)(=O)c1cccc(C(=O)NC(C)c2ccncc2)c1. The fourth-order valence-electron chi connectivity index (χ4n) is 2.07. The number of nitrogens with one attached hydrogen (secondary N) is 2. The van der Waals surface area contributed by atoms with Gasteiger partial charge in [-0.25, -0.2) is 13.1 Å². The van der Waals surface area contributed by atoms with Gasteiger partial charge in [0.2, 0.25) is 10.0 Å². The standard InChI is InChI=1S/C17H19N3O3S/c1-3-9-19-24(22,23)16-6-4-5-15(12-16)17(21)20-13(2)14-7-10-18-11-8-14/h3-8,10-13,19H,1,9H2,2H3,(H,20,21). The minimum absolute atomic E-state index is 0.0357. The van der Waals surface area contributed by atoms with E-state index in [0.29, 0.717) is 0 Å². The quantitative estimate of drug-likeness (QED) is 0.752. The number of pyridine rings is 1. The van der Waals surface area contributed by atoms with Gasteiger partial charge in [-0.05, 0) is 42.8 Å². The van der Waals surface area contributed by atoms with Crippen LogP contribution in [-0.2, 0) is 10.0 Å². The molecule has 1 aromatic heterocycles. The van der Waals surface area contributed by atoms with E-state index in [9.17, 15) is 13.2 Å². The van der Waals surface area contributed by atoms with E-state index >= 15 is 0 Å². The maximum atomic E-state index is 12.4. The van der Waals surface area contributed by atoms with Gasteiger partial charge in [-0.3, -0.25) is 9.78 Å². The average molecular weight is 345 g/mol. The number of hydrogen-bond donors (Lipinski definition) is 2. The Morgan fingerprint density at radius 2 is 2.00 bits per heavy atom. The van der Waals surface area contributed by atoms with Crippen molar-refractivity contribution in [2.45, 2.75) is 17.9 Å². The van der Waals surface area contributed by atoms with Crippen LogP contribution in [0.1, 0.15) is 28.9 Å². The normalized spacial score (nSPS) is 12.4. The number of hydrogen-bond acceptors (Lipinski definition) is 4. The zero-order valence-electron chi connectivity index (χ0n) is 13.3. The third-order valence-electron chi connectivity index (χ3n) is 3.38. The summed E-state index contributed by atoms with van der Waals surface area (Å²) < 4.78 is 26.6. The Bertz CT molecular complexity index is 820. The van der Waals surface area contributed by atoms with E-state index < -0.39 is 10.0 Å². The van der Waals surface area contributed by atoms with Crippen LogP contribution >= 0.6 is 0 Å². The van der Waals surface area contributed by atoms with Crippen molar-refractivity contribution in [3.8, 4) is 0 Å². The first kappa shape index (κ1) is 17.8. The van der Waals surface area contributed by atoms with Crippen molar-refractivity contribution in [1.82, 2.24) is 15.0 Å². The van der Waals surface area contributed by atoms with E-state index in [4.69, 9.17) is 0 Å². The molecular formula is C17H19N3O3S. The molecule has 1 heterocycles. The molecule has 126 valence electrons. The predicted molar refractivity (Wildman–Crippen MR) is 91.9 cm³/mol. The van der Waals surface area contributed by atoms with E-state index in [1.807, 2.05) is 19.1 Å². The first-order valence-corrected chi connectivity index (χ1v) is 8.84. The molecule has 7 heteroatoms. The van der Waals surface area contributed by atoms with Gasteiger partial charge in [0, 0.05) is 24.5 Å². The molecule has 0 radical (unpaired) electrons. The van der Waals surface area contributed by atoms with Crippen LogP contribution in [0.4, 0.5) is 0 Å². The van der Waals surface area contributed by atoms with E-state index in [1.165, 1.54) is 24.3 Å². The third kappa shape index (κ3) is 4.50. The fraction of sp³-hybridized carbons (Fsp3) is 0.176. The molecular weight excluding hydrogens is 326 g/mol. The lowest BCUT2D eigenvalue weighted by molar-refractivity contribution is 0.0939. The predicted octanol–water partition coefficient (Wildman–Crippen LogP) is 2.04. The lowest BCUT2D eigenvalue weighted by atomic mass is 10.1. The molecule has 1 atom stereocenters. The van der Waals surface area contributed by atoms with Crippen LogP contribution in [0.3, 0.4) is 0 Å². The number of sulfonamides is 1. The molecule has 6 nitrogen and oxygen atoms in total. The third-order valence-corrected chi connectivity index (χ3v) is 4.80. The van der Waals surface area contributed by atoms with Gasteiger partial charge in [0.25, 0.3) is 5.91 Å². The molecule has 0 aliphatic carbocycles. The number of rotatable bonds is 7. The molecule has 0 aliphatic heterocycles. The van der Waals surface area contributed by atoms with Crippen molar-refractivity contribution < 1.29 is 13.2 Å². The summed E-state index contributed by atoms with van der Waals surface area (Å²) in [6, 6.07) is 9.29. The van der Waals surface area contributed by atoms with Crippen LogP contribution in [0.2, 0.25) is 0 Å². The van der Waals surface area contributed by atoms with Crippen LogP contribution in [0.25, 0.3) is 0 Å². The second kappa shape index (κ2) is 7.85. The highest BCUT2D eigenvalue weighted by Crippen LogP contribution is 2.14. The molecule has 2 aromatic rings. The Labute approximate surface area is 141 Å². The molecule has 0 spiro atoms. The monoisotopic (exact) mass is 345 g/mol. The van der Waals surface area contributed by atoms with Crippen molar-refractivity contribution in [2.75, 3.05) is 6.54 Å². The summed E-state index contributed by atoms with van der Waals surface area (Å²) in [6.07, 6.45) is 4.75. The number of benzene rings is 1. The molecule has 0 bridgehead atoms. The first-order chi connectivity index (χ1) is 11.4. The molecule has 0 saturated heterocycles. The second-order valence-electron chi connectivity index (χ2n) is 5.14. The van der Waals surface area contributed by atoms with Crippen LogP contribution in [0.5, 0.6) is 0 Å². The highest BCUT2D eigenvalue weighted by atomic mass is 32.2. The number of carbonyl (C=O) groups is 1. The zero-order valence-corrected chi connectivity index (χ0v) is 14.1. The summed E-state index contributed by atoms with van der Waals surface area (Å²) in [4.78, 5) is 16.3. The fourth-order valence-corrected chi connectivity index (χ4v) is 3.12. The van der Waals surface area contributed by atoms with E-state index in [2.05, 4.69) is 21.6 Å². The topological polar surface area (TPSA) is 88.2 Å². The number of carbonyl (C=O) groups excluding carboxylic acids is 1. The minimum atomic E-state index is -3.67. The van der Waals surface area contributed by atoms with Gasteiger partial charge in [0.05, 0.1) is 10.9 Å². The maximum absolute atomic E-state index is 12.4. The molecule has 1 amide bonds. The lowest BCUT2D eigenvalue weighted by Gasteiger charge is -2.14. The summed E-state index contributed by atoms with van der Waals surface area (Å²) in [5, 5.41) is 2.84. The Morgan fingerprint density at radius 1 is 1.29 bits per heavy atom. The zero-order chi connectivity index (χ0) is 17.6. The molecule has 24 heavy (non-hydrogen) atoms. The first-order valence-electron chi connectivity index (χ1n) is 7.35. The molecule has 0 fully saturated rings. The van der Waals surface area contributed by atoms with Gasteiger partial charge in [-0.15, -0.1) is 6.58 Å². The van der Waals surface area contributed by atoms with Crippen LogP contribution in [-0.4, -0.2) is 25.9 Å². The molecule has 1 unspecified atom stereocenters. The summed E-state index contributed by atoms with van der Waals surface area (Å²) in [5.41, 5.74) is 1.19. The maximum Gasteiger partial charge on any atom is 0.251 e. The second-order valence-corrected chi connectivity index (χ2v) is 6.91. The van der Waals surface area contributed by atoms with Crippen molar-refractivity contribution in [1.29, 1.82) is 0 Å². The average Bonchev–Trinajstić information content (AvgIpc) is 2.61. The van der Waals surface area contributed by atoms with Gasteiger partial charge in [0.15, 0.2) is 0 Å². The van der Waals surface area contributed by atoms with Crippen LogP contribution in [0, 0.1) is 0 Å². The van der Waals surface area contributed by atoms with Crippen LogP contribution in [0.15, 0.2) is 66.3 Å². The summed E-state index contributed by atoms with van der Waals surface area (Å²) in [7, 11) is -3.67. The molecule has 0 saturated carbocycles. The van der Waals surface area contributed by atoms with Crippen molar-refractivity contribution in [2.24, 2.45) is 0 Å². The van der Waals surface area contributed by atoms with Crippen molar-refractivity contribution >= 4 is 15.9 Å². The highest BCUT2D eigenvalue weighted by Gasteiger charge is 2.16. The van der Waals surface area contributed by atoms with Gasteiger partial charge in [-0.2, -0.15) is 0 Å². The van der Waals surface area contributed by atoms with Gasteiger partial charge in [-0.1, -0.05) is 12.1 Å². The van der Waals surface area contributed by atoms with E-state index in [1.54, 1.807) is 18.5 Å². The summed E-state index contributed by atoms with van der Waals surface area (Å²) in [6.45, 7) is 5.44. The van der Waals surface area contributed by atoms with Gasteiger partial charge in [0.1, 0.15) is 0 Å². The Morgan fingerprint density at radius 3 is 2.67 bits per heavy atom. The van der Waals surface area contributed by atoms with Crippen LogP contribution < -0.4 is 10.0 Å². The molecule has 0 aliphatic rings.